The van der Waals surface area contributed by atoms with Crippen LogP contribution in [0.15, 0.2) is 0 Å². The third kappa shape index (κ3) is 3.61. The molecule has 0 amide bonds. The third-order valence-electron chi connectivity index (χ3n) is 2.84. The highest BCUT2D eigenvalue weighted by atomic mass is 19.1. The zero-order chi connectivity index (χ0) is 9.68. The first kappa shape index (κ1) is 10.9. The molecule has 1 rings (SSSR count). The number of hydrogen-bond acceptors (Lipinski definition) is 2. The van der Waals surface area contributed by atoms with Crippen molar-refractivity contribution >= 4 is 0 Å². The quantitative estimate of drug-likeness (QED) is 0.643. The number of hydrogen-bond donors (Lipinski definition) is 0. The van der Waals surface area contributed by atoms with Crippen molar-refractivity contribution in [3.63, 3.8) is 0 Å². The van der Waals surface area contributed by atoms with Gasteiger partial charge in [-0.25, -0.2) is 4.39 Å². The van der Waals surface area contributed by atoms with Gasteiger partial charge in [-0.3, -0.25) is 4.90 Å². The van der Waals surface area contributed by atoms with Crippen LogP contribution in [0.2, 0.25) is 0 Å². The molecule has 0 aromatic heterocycles. The molecule has 1 saturated heterocycles. The molecule has 1 aliphatic rings. The number of rotatable bonds is 5. The first-order valence-corrected chi connectivity index (χ1v) is 5.35. The van der Waals surface area contributed by atoms with Crippen LogP contribution in [0.1, 0.15) is 20.3 Å². The minimum atomic E-state index is -0.572. The summed E-state index contributed by atoms with van der Waals surface area (Å²) in [4.78, 5) is 4.61. The highest BCUT2D eigenvalue weighted by Gasteiger charge is 2.21. The fraction of sp³-hybridized carbons (Fsp3) is 1.00. The summed E-state index contributed by atoms with van der Waals surface area (Å²) < 4.78 is 12.8. The van der Waals surface area contributed by atoms with Gasteiger partial charge >= 0.3 is 0 Å². The summed E-state index contributed by atoms with van der Waals surface area (Å²) in [6.07, 6.45) is 0.162. The van der Waals surface area contributed by atoms with Gasteiger partial charge in [-0.15, -0.1) is 0 Å². The van der Waals surface area contributed by atoms with Gasteiger partial charge in [0.2, 0.25) is 0 Å². The second-order valence-corrected chi connectivity index (χ2v) is 3.71. The van der Waals surface area contributed by atoms with Gasteiger partial charge in [0.05, 0.1) is 0 Å². The van der Waals surface area contributed by atoms with E-state index in [1.807, 2.05) is 0 Å². The molecule has 0 N–H and O–H groups in total. The highest BCUT2D eigenvalue weighted by Crippen LogP contribution is 2.11. The molecule has 1 atom stereocenters. The lowest BCUT2D eigenvalue weighted by Crippen LogP contribution is -2.34. The number of alkyl halides is 1. The SMILES string of the molecule is CCN(CC)CCN1CCC(F)C1. The molecular formula is C10H21FN2. The summed E-state index contributed by atoms with van der Waals surface area (Å²) in [5.41, 5.74) is 0. The molecular weight excluding hydrogens is 167 g/mol. The Hall–Kier alpha value is -0.150. The highest BCUT2D eigenvalue weighted by molar-refractivity contribution is 4.75. The standard InChI is InChI=1S/C10H21FN2/c1-3-12(4-2)7-8-13-6-5-10(11)9-13/h10H,3-9H2,1-2H3. The van der Waals surface area contributed by atoms with Crippen LogP contribution in [-0.4, -0.2) is 55.2 Å². The number of halogens is 1. The maximum Gasteiger partial charge on any atom is 0.114 e. The van der Waals surface area contributed by atoms with Crippen LogP contribution in [-0.2, 0) is 0 Å². The summed E-state index contributed by atoms with van der Waals surface area (Å²) in [7, 11) is 0. The minimum Gasteiger partial charge on any atom is -0.303 e. The fourth-order valence-electron chi connectivity index (χ4n) is 1.81. The van der Waals surface area contributed by atoms with Gasteiger partial charge in [0.1, 0.15) is 6.17 Å². The Morgan fingerprint density at radius 1 is 1.38 bits per heavy atom. The van der Waals surface area contributed by atoms with Gasteiger partial charge < -0.3 is 4.90 Å². The van der Waals surface area contributed by atoms with Crippen molar-refractivity contribution in [1.82, 2.24) is 9.80 Å². The first-order valence-electron chi connectivity index (χ1n) is 5.35. The summed E-state index contributed by atoms with van der Waals surface area (Å²) in [5, 5.41) is 0. The second kappa shape index (κ2) is 5.55. The van der Waals surface area contributed by atoms with Crippen LogP contribution in [0.4, 0.5) is 4.39 Å². The topological polar surface area (TPSA) is 6.48 Å². The summed E-state index contributed by atoms with van der Waals surface area (Å²) in [5.74, 6) is 0. The van der Waals surface area contributed by atoms with Crippen molar-refractivity contribution < 1.29 is 4.39 Å². The Labute approximate surface area is 80.7 Å². The Bertz CT molecular complexity index is 137. The van der Waals surface area contributed by atoms with E-state index in [-0.39, 0.29) is 0 Å². The lowest BCUT2D eigenvalue weighted by molar-refractivity contribution is 0.229. The normalized spacial score (nSPS) is 24.5. The van der Waals surface area contributed by atoms with Gasteiger partial charge in [-0.1, -0.05) is 13.8 Å². The van der Waals surface area contributed by atoms with E-state index >= 15 is 0 Å². The van der Waals surface area contributed by atoms with Crippen LogP contribution in [0.25, 0.3) is 0 Å². The molecule has 1 aliphatic heterocycles. The molecule has 1 heterocycles. The van der Waals surface area contributed by atoms with Crippen molar-refractivity contribution in [3.05, 3.63) is 0 Å². The molecule has 0 radical (unpaired) electrons. The van der Waals surface area contributed by atoms with Crippen molar-refractivity contribution in [2.45, 2.75) is 26.4 Å². The molecule has 1 fully saturated rings. The van der Waals surface area contributed by atoms with Crippen molar-refractivity contribution in [2.75, 3.05) is 39.3 Å². The first-order chi connectivity index (χ1) is 6.26. The molecule has 0 aromatic carbocycles. The number of likely N-dealkylation sites (tertiary alicyclic amines) is 1. The van der Waals surface area contributed by atoms with E-state index in [4.69, 9.17) is 0 Å². The Morgan fingerprint density at radius 3 is 2.54 bits per heavy atom. The average molecular weight is 188 g/mol. The van der Waals surface area contributed by atoms with Gasteiger partial charge in [0, 0.05) is 26.2 Å². The van der Waals surface area contributed by atoms with E-state index in [9.17, 15) is 4.39 Å². The van der Waals surface area contributed by atoms with E-state index in [0.717, 1.165) is 39.1 Å². The van der Waals surface area contributed by atoms with Gasteiger partial charge in [-0.05, 0) is 19.5 Å². The molecule has 0 aliphatic carbocycles. The van der Waals surface area contributed by atoms with Crippen molar-refractivity contribution in [2.24, 2.45) is 0 Å². The van der Waals surface area contributed by atoms with E-state index < -0.39 is 6.17 Å². The average Bonchev–Trinajstić information content (AvgIpc) is 2.53. The molecule has 0 bridgehead atoms. The second-order valence-electron chi connectivity index (χ2n) is 3.71. The van der Waals surface area contributed by atoms with Crippen LogP contribution in [0.5, 0.6) is 0 Å². The zero-order valence-corrected chi connectivity index (χ0v) is 8.80. The van der Waals surface area contributed by atoms with Crippen LogP contribution >= 0.6 is 0 Å². The minimum absolute atomic E-state index is 0.572. The van der Waals surface area contributed by atoms with Gasteiger partial charge in [0.25, 0.3) is 0 Å². The fourth-order valence-corrected chi connectivity index (χ4v) is 1.81. The summed E-state index contributed by atoms with van der Waals surface area (Å²) >= 11 is 0. The van der Waals surface area contributed by atoms with Gasteiger partial charge in [0.15, 0.2) is 0 Å². The van der Waals surface area contributed by atoms with Crippen LogP contribution < -0.4 is 0 Å². The Morgan fingerprint density at radius 2 is 2.08 bits per heavy atom. The predicted molar refractivity (Wildman–Crippen MR) is 53.7 cm³/mol. The monoisotopic (exact) mass is 188 g/mol. The van der Waals surface area contributed by atoms with E-state index in [2.05, 4.69) is 23.6 Å². The van der Waals surface area contributed by atoms with Crippen LogP contribution in [0, 0.1) is 0 Å². The lowest BCUT2D eigenvalue weighted by Gasteiger charge is -2.22. The van der Waals surface area contributed by atoms with E-state index in [1.165, 1.54) is 0 Å². The van der Waals surface area contributed by atoms with Gasteiger partial charge in [-0.2, -0.15) is 0 Å². The lowest BCUT2D eigenvalue weighted by atomic mass is 10.3. The predicted octanol–water partition coefficient (Wildman–Crippen LogP) is 1.37. The van der Waals surface area contributed by atoms with E-state index in [0.29, 0.717) is 6.54 Å². The summed E-state index contributed by atoms with van der Waals surface area (Å²) in [6, 6.07) is 0. The summed E-state index contributed by atoms with van der Waals surface area (Å²) in [6.45, 7) is 10.3. The molecule has 2 nitrogen and oxygen atoms in total. The van der Waals surface area contributed by atoms with Crippen molar-refractivity contribution in [1.29, 1.82) is 0 Å². The maximum atomic E-state index is 12.8. The number of nitrogens with zero attached hydrogens (tertiary/aromatic N) is 2. The Kier molecular flexibility index (Phi) is 4.67. The molecule has 0 aromatic rings. The molecule has 0 spiro atoms. The molecule has 13 heavy (non-hydrogen) atoms. The largest absolute Gasteiger partial charge is 0.303 e. The van der Waals surface area contributed by atoms with Crippen molar-refractivity contribution in [3.8, 4) is 0 Å². The molecule has 3 heteroatoms. The molecule has 1 unspecified atom stereocenters. The Balaban J connectivity index is 2.11. The number of likely N-dealkylation sites (N-methyl/N-ethyl adjacent to an activating group) is 1. The van der Waals surface area contributed by atoms with Crippen LogP contribution in [0.3, 0.4) is 0 Å². The molecule has 78 valence electrons. The van der Waals surface area contributed by atoms with E-state index in [1.54, 1.807) is 0 Å². The smallest absolute Gasteiger partial charge is 0.114 e. The molecule has 0 saturated carbocycles. The zero-order valence-electron chi connectivity index (χ0n) is 8.80. The third-order valence-corrected chi connectivity index (χ3v) is 2.84. The maximum absolute atomic E-state index is 12.8.